The molecule has 0 N–H and O–H groups in total. The van der Waals surface area contributed by atoms with Gasteiger partial charge in [-0.1, -0.05) is 0 Å². The summed E-state index contributed by atoms with van der Waals surface area (Å²) in [5, 5.41) is 8.20. The number of carbonyl (C=O) groups excluding carboxylic acids is 1. The molecule has 0 aliphatic carbocycles. The van der Waals surface area contributed by atoms with Gasteiger partial charge in [0, 0.05) is 45.3 Å². The van der Waals surface area contributed by atoms with Crippen LogP contribution < -0.4 is 0 Å². The predicted molar refractivity (Wildman–Crippen MR) is 84.8 cm³/mol. The Hall–Kier alpha value is -1.45. The van der Waals surface area contributed by atoms with Crippen LogP contribution in [0, 0.1) is 12.3 Å². The molecule has 3 aliphatic rings. The van der Waals surface area contributed by atoms with Gasteiger partial charge in [0.25, 0.3) is 0 Å². The minimum absolute atomic E-state index is 0.144. The van der Waals surface area contributed by atoms with E-state index in [-0.39, 0.29) is 17.1 Å². The molecule has 6 heteroatoms. The number of rotatable bonds is 5. The van der Waals surface area contributed by atoms with Gasteiger partial charge in [-0.25, -0.2) is 0 Å². The molecule has 1 spiro atoms. The van der Waals surface area contributed by atoms with E-state index in [9.17, 15) is 4.79 Å². The number of amides is 1. The molecule has 0 saturated carbocycles. The second-order valence-corrected chi connectivity index (χ2v) is 7.48. The topological polar surface area (TPSA) is 63.5 Å². The SMILES string of the molecule is C#CCCC1(CCC(=O)N2CC(C)(C)OC3(CCOC3)C2)N=N1. The first-order chi connectivity index (χ1) is 10.9. The van der Waals surface area contributed by atoms with E-state index in [1.165, 1.54) is 0 Å². The number of nitrogens with zero attached hydrogens (tertiary/aromatic N) is 3. The zero-order chi connectivity index (χ0) is 16.6. The van der Waals surface area contributed by atoms with E-state index in [1.54, 1.807) is 0 Å². The Kier molecular flexibility index (Phi) is 4.19. The lowest BCUT2D eigenvalue weighted by Gasteiger charge is -2.48. The Morgan fingerprint density at radius 2 is 2.09 bits per heavy atom. The summed E-state index contributed by atoms with van der Waals surface area (Å²) in [7, 11) is 0. The summed E-state index contributed by atoms with van der Waals surface area (Å²) in [4.78, 5) is 14.6. The standard InChI is InChI=1S/C17H25N3O3/c1-4-5-7-17(18-19-17)8-6-14(21)20-11-15(2,3)23-16(12-20)9-10-22-13-16/h1H,5-13H2,2-3H3. The van der Waals surface area contributed by atoms with Gasteiger partial charge in [-0.05, 0) is 13.8 Å². The van der Waals surface area contributed by atoms with E-state index in [2.05, 4.69) is 16.1 Å². The first-order valence-corrected chi connectivity index (χ1v) is 8.31. The Balaban J connectivity index is 1.57. The largest absolute Gasteiger partial charge is 0.378 e. The fourth-order valence-corrected chi connectivity index (χ4v) is 3.62. The highest BCUT2D eigenvalue weighted by molar-refractivity contribution is 5.76. The molecule has 0 aromatic rings. The van der Waals surface area contributed by atoms with E-state index >= 15 is 0 Å². The molecule has 0 aromatic heterocycles. The number of terminal acetylenes is 1. The second-order valence-electron chi connectivity index (χ2n) is 7.48. The van der Waals surface area contributed by atoms with E-state index in [4.69, 9.17) is 15.9 Å². The van der Waals surface area contributed by atoms with Crippen LogP contribution in [0.3, 0.4) is 0 Å². The average Bonchev–Trinajstić information content (AvgIpc) is 3.14. The van der Waals surface area contributed by atoms with Gasteiger partial charge >= 0.3 is 0 Å². The number of morpholine rings is 1. The van der Waals surface area contributed by atoms with Gasteiger partial charge in [0.1, 0.15) is 5.60 Å². The van der Waals surface area contributed by atoms with Gasteiger partial charge < -0.3 is 14.4 Å². The molecule has 3 aliphatic heterocycles. The molecule has 0 aromatic carbocycles. The summed E-state index contributed by atoms with van der Waals surface area (Å²) < 4.78 is 11.8. The van der Waals surface area contributed by atoms with Crippen molar-refractivity contribution in [1.29, 1.82) is 0 Å². The van der Waals surface area contributed by atoms with Gasteiger partial charge in [-0.2, -0.15) is 10.2 Å². The molecule has 3 rings (SSSR count). The Morgan fingerprint density at radius 3 is 2.70 bits per heavy atom. The summed E-state index contributed by atoms with van der Waals surface area (Å²) in [6, 6.07) is 0. The van der Waals surface area contributed by atoms with Gasteiger partial charge in [0.05, 0.1) is 18.8 Å². The minimum atomic E-state index is -0.391. The molecule has 2 saturated heterocycles. The molecule has 1 amide bonds. The zero-order valence-corrected chi connectivity index (χ0v) is 14.0. The highest BCUT2D eigenvalue weighted by Crippen LogP contribution is 2.39. The van der Waals surface area contributed by atoms with E-state index in [0.29, 0.717) is 45.6 Å². The van der Waals surface area contributed by atoms with Gasteiger partial charge in [-0.3, -0.25) is 4.79 Å². The van der Waals surface area contributed by atoms with Crippen LogP contribution in [0.1, 0.15) is 46.0 Å². The lowest BCUT2D eigenvalue weighted by Crippen LogP contribution is -2.61. The molecule has 0 bridgehead atoms. The summed E-state index contributed by atoms with van der Waals surface area (Å²) in [5.41, 5.74) is -1.08. The van der Waals surface area contributed by atoms with E-state index in [0.717, 1.165) is 12.8 Å². The number of carbonyl (C=O) groups is 1. The highest BCUT2D eigenvalue weighted by atomic mass is 16.6. The van der Waals surface area contributed by atoms with Crippen molar-refractivity contribution in [2.75, 3.05) is 26.3 Å². The zero-order valence-electron chi connectivity index (χ0n) is 14.0. The van der Waals surface area contributed by atoms with Crippen LogP contribution in [-0.2, 0) is 14.3 Å². The van der Waals surface area contributed by atoms with Crippen molar-refractivity contribution in [3.8, 4) is 12.3 Å². The Labute approximate surface area is 137 Å². The van der Waals surface area contributed by atoms with Crippen LogP contribution in [0.5, 0.6) is 0 Å². The van der Waals surface area contributed by atoms with Crippen molar-refractivity contribution in [2.45, 2.75) is 62.8 Å². The normalized spacial score (nSPS) is 30.4. The molecule has 23 heavy (non-hydrogen) atoms. The van der Waals surface area contributed by atoms with Crippen molar-refractivity contribution in [1.82, 2.24) is 4.90 Å². The summed E-state index contributed by atoms with van der Waals surface area (Å²) in [6.07, 6.45) is 8.62. The number of hydrogen-bond acceptors (Lipinski definition) is 5. The van der Waals surface area contributed by atoms with Gasteiger partial charge in [0.2, 0.25) is 5.91 Å². The monoisotopic (exact) mass is 319 g/mol. The van der Waals surface area contributed by atoms with Crippen LogP contribution in [0.15, 0.2) is 10.2 Å². The third kappa shape index (κ3) is 3.73. The maximum atomic E-state index is 12.7. The Morgan fingerprint density at radius 1 is 1.30 bits per heavy atom. The summed E-state index contributed by atoms with van der Waals surface area (Å²) in [5.74, 6) is 2.76. The maximum absolute atomic E-state index is 12.7. The molecule has 1 atom stereocenters. The third-order valence-corrected chi connectivity index (χ3v) is 4.76. The van der Waals surface area contributed by atoms with Gasteiger partial charge in [0.15, 0.2) is 5.66 Å². The minimum Gasteiger partial charge on any atom is -0.378 e. The summed E-state index contributed by atoms with van der Waals surface area (Å²) >= 11 is 0. The lowest BCUT2D eigenvalue weighted by molar-refractivity contribution is -0.199. The molecular formula is C17H25N3O3. The fourth-order valence-electron chi connectivity index (χ4n) is 3.62. The number of ether oxygens (including phenoxy) is 2. The molecule has 126 valence electrons. The van der Waals surface area contributed by atoms with Crippen LogP contribution >= 0.6 is 0 Å². The fraction of sp³-hybridized carbons (Fsp3) is 0.824. The van der Waals surface area contributed by atoms with Crippen molar-refractivity contribution in [3.63, 3.8) is 0 Å². The molecule has 0 radical (unpaired) electrons. The summed E-state index contributed by atoms with van der Waals surface area (Å²) in [6.45, 7) is 6.56. The van der Waals surface area contributed by atoms with Crippen LogP contribution in [-0.4, -0.2) is 54.0 Å². The maximum Gasteiger partial charge on any atom is 0.222 e. The van der Waals surface area contributed by atoms with Crippen LogP contribution in [0.25, 0.3) is 0 Å². The second kappa shape index (κ2) is 5.88. The van der Waals surface area contributed by atoms with Crippen LogP contribution in [0.4, 0.5) is 0 Å². The Bertz CT molecular complexity index is 538. The first-order valence-electron chi connectivity index (χ1n) is 8.31. The molecule has 6 nitrogen and oxygen atoms in total. The first kappa shape index (κ1) is 16.4. The molecule has 3 heterocycles. The number of hydrogen-bond donors (Lipinski definition) is 0. The van der Waals surface area contributed by atoms with E-state index < -0.39 is 5.66 Å². The molecular weight excluding hydrogens is 294 g/mol. The van der Waals surface area contributed by atoms with E-state index in [1.807, 2.05) is 18.7 Å². The lowest BCUT2D eigenvalue weighted by atomic mass is 9.94. The third-order valence-electron chi connectivity index (χ3n) is 4.76. The van der Waals surface area contributed by atoms with Crippen molar-refractivity contribution >= 4 is 5.91 Å². The quantitative estimate of drug-likeness (QED) is 0.729. The predicted octanol–water partition coefficient (Wildman–Crippen LogP) is 2.14. The van der Waals surface area contributed by atoms with Crippen LogP contribution in [0.2, 0.25) is 0 Å². The van der Waals surface area contributed by atoms with Crippen molar-refractivity contribution < 1.29 is 14.3 Å². The average molecular weight is 319 g/mol. The smallest absolute Gasteiger partial charge is 0.222 e. The molecule has 1 unspecified atom stereocenters. The highest BCUT2D eigenvalue weighted by Gasteiger charge is 2.48. The van der Waals surface area contributed by atoms with Crippen molar-refractivity contribution in [3.05, 3.63) is 0 Å². The van der Waals surface area contributed by atoms with Gasteiger partial charge in [-0.15, -0.1) is 12.3 Å². The molecule has 2 fully saturated rings. The van der Waals surface area contributed by atoms with Crippen molar-refractivity contribution in [2.24, 2.45) is 10.2 Å².